The standard InChI is InChI=1S/C20H22ClN3O2/c1-12-11-17-13(2)18(26-4)10-9-16(17)19(23-24(12)20(25)22-3)14-5-7-15(21)8-6-14/h5-10,12H,11H2,1-4H3,(H,22,25). The van der Waals surface area contributed by atoms with E-state index in [1.165, 1.54) is 5.01 Å². The van der Waals surface area contributed by atoms with Gasteiger partial charge in [0.05, 0.1) is 18.9 Å². The highest BCUT2D eigenvalue weighted by molar-refractivity contribution is 6.30. The average molecular weight is 372 g/mol. The molecule has 1 aliphatic rings. The number of halogens is 1. The van der Waals surface area contributed by atoms with Crippen LogP contribution in [-0.4, -0.2) is 37.0 Å². The van der Waals surface area contributed by atoms with Crippen molar-refractivity contribution in [1.82, 2.24) is 10.3 Å². The third kappa shape index (κ3) is 3.27. The Morgan fingerprint density at radius 3 is 2.58 bits per heavy atom. The Hall–Kier alpha value is -2.53. The van der Waals surface area contributed by atoms with E-state index >= 15 is 0 Å². The molecule has 2 aromatic carbocycles. The van der Waals surface area contributed by atoms with E-state index in [-0.39, 0.29) is 12.1 Å². The first-order valence-electron chi connectivity index (χ1n) is 8.48. The molecule has 0 spiro atoms. The molecule has 0 bridgehead atoms. The van der Waals surface area contributed by atoms with Gasteiger partial charge in [-0.2, -0.15) is 5.10 Å². The molecule has 5 nitrogen and oxygen atoms in total. The molecule has 0 saturated heterocycles. The van der Waals surface area contributed by atoms with Crippen molar-refractivity contribution in [1.29, 1.82) is 0 Å². The van der Waals surface area contributed by atoms with Gasteiger partial charge < -0.3 is 10.1 Å². The van der Waals surface area contributed by atoms with Crippen molar-refractivity contribution in [2.24, 2.45) is 5.10 Å². The van der Waals surface area contributed by atoms with E-state index in [9.17, 15) is 4.79 Å². The number of benzene rings is 2. The number of nitrogens with zero attached hydrogens (tertiary/aromatic N) is 2. The maximum Gasteiger partial charge on any atom is 0.337 e. The number of methoxy groups -OCH3 is 1. The minimum Gasteiger partial charge on any atom is -0.496 e. The summed E-state index contributed by atoms with van der Waals surface area (Å²) in [5, 5.41) is 9.56. The predicted octanol–water partition coefficient (Wildman–Crippen LogP) is 4.00. The first-order valence-corrected chi connectivity index (χ1v) is 8.86. The number of amides is 2. The van der Waals surface area contributed by atoms with Crippen molar-refractivity contribution >= 4 is 23.3 Å². The minimum atomic E-state index is -0.235. The van der Waals surface area contributed by atoms with Crippen LogP contribution in [0.5, 0.6) is 5.75 Å². The lowest BCUT2D eigenvalue weighted by Crippen LogP contribution is -2.41. The molecule has 0 radical (unpaired) electrons. The van der Waals surface area contributed by atoms with E-state index in [0.29, 0.717) is 11.4 Å². The van der Waals surface area contributed by atoms with Crippen LogP contribution in [0.25, 0.3) is 0 Å². The van der Waals surface area contributed by atoms with Gasteiger partial charge in [-0.05, 0) is 55.7 Å². The molecule has 1 heterocycles. The number of urea groups is 1. The molecule has 3 rings (SSSR count). The van der Waals surface area contributed by atoms with Crippen LogP contribution < -0.4 is 10.1 Å². The Kier molecular flexibility index (Phi) is 5.18. The predicted molar refractivity (Wildman–Crippen MR) is 104 cm³/mol. The third-order valence-corrected chi connectivity index (χ3v) is 4.94. The van der Waals surface area contributed by atoms with E-state index in [0.717, 1.165) is 33.7 Å². The molecular weight excluding hydrogens is 350 g/mol. The maximum absolute atomic E-state index is 12.4. The van der Waals surface area contributed by atoms with Crippen LogP contribution in [0.4, 0.5) is 4.79 Å². The zero-order chi connectivity index (χ0) is 18.8. The molecule has 136 valence electrons. The lowest BCUT2D eigenvalue weighted by molar-refractivity contribution is 0.184. The third-order valence-electron chi connectivity index (χ3n) is 4.69. The van der Waals surface area contributed by atoms with Crippen LogP contribution in [0.15, 0.2) is 41.5 Å². The summed E-state index contributed by atoms with van der Waals surface area (Å²) in [6.45, 7) is 4.03. The fourth-order valence-electron chi connectivity index (χ4n) is 3.26. The van der Waals surface area contributed by atoms with E-state index in [1.807, 2.05) is 50.2 Å². The zero-order valence-corrected chi connectivity index (χ0v) is 16.1. The molecule has 0 fully saturated rings. The topological polar surface area (TPSA) is 53.9 Å². The Morgan fingerprint density at radius 2 is 1.96 bits per heavy atom. The van der Waals surface area contributed by atoms with Crippen LogP contribution >= 0.6 is 11.6 Å². The number of carbonyl (C=O) groups excluding carboxylic acids is 1. The van der Waals surface area contributed by atoms with Gasteiger partial charge in [0.25, 0.3) is 0 Å². The normalized spacial score (nSPS) is 16.4. The van der Waals surface area contributed by atoms with Crippen molar-refractivity contribution in [3.63, 3.8) is 0 Å². The van der Waals surface area contributed by atoms with Gasteiger partial charge in [-0.1, -0.05) is 23.7 Å². The molecule has 0 aliphatic carbocycles. The van der Waals surface area contributed by atoms with E-state index in [2.05, 4.69) is 5.32 Å². The number of hydrazone groups is 1. The maximum atomic E-state index is 12.4. The van der Waals surface area contributed by atoms with Gasteiger partial charge in [0.1, 0.15) is 5.75 Å². The lowest BCUT2D eigenvalue weighted by atomic mass is 9.91. The Labute approximate surface area is 158 Å². The molecule has 1 unspecified atom stereocenters. The molecule has 1 N–H and O–H groups in total. The Morgan fingerprint density at radius 1 is 1.27 bits per heavy atom. The highest BCUT2D eigenvalue weighted by Gasteiger charge is 2.28. The van der Waals surface area contributed by atoms with Crippen molar-refractivity contribution in [2.75, 3.05) is 14.2 Å². The lowest BCUT2D eigenvalue weighted by Gasteiger charge is -2.23. The van der Waals surface area contributed by atoms with E-state index in [1.54, 1.807) is 14.2 Å². The molecule has 1 aliphatic heterocycles. The summed E-state index contributed by atoms with van der Waals surface area (Å²) in [5.41, 5.74) is 4.86. The monoisotopic (exact) mass is 371 g/mol. The first kappa shape index (κ1) is 18.3. The molecule has 2 aromatic rings. The second kappa shape index (κ2) is 7.38. The molecule has 6 heteroatoms. The summed E-state index contributed by atoms with van der Waals surface area (Å²) in [7, 11) is 3.28. The summed E-state index contributed by atoms with van der Waals surface area (Å²) < 4.78 is 5.49. The van der Waals surface area contributed by atoms with Gasteiger partial charge in [0.2, 0.25) is 0 Å². The van der Waals surface area contributed by atoms with Crippen molar-refractivity contribution in [3.05, 3.63) is 63.7 Å². The number of nitrogens with one attached hydrogen (secondary N) is 1. The SMILES string of the molecule is CNC(=O)N1N=C(c2ccc(Cl)cc2)c2ccc(OC)c(C)c2CC1C. The van der Waals surface area contributed by atoms with Crippen LogP contribution in [0, 0.1) is 6.92 Å². The van der Waals surface area contributed by atoms with Crippen molar-refractivity contribution in [2.45, 2.75) is 26.3 Å². The van der Waals surface area contributed by atoms with E-state index < -0.39 is 0 Å². The molecule has 1 atom stereocenters. The van der Waals surface area contributed by atoms with Gasteiger partial charge in [0.15, 0.2) is 0 Å². The number of fused-ring (bicyclic) bond motifs is 1. The number of hydrogen-bond donors (Lipinski definition) is 1. The van der Waals surface area contributed by atoms with Crippen molar-refractivity contribution < 1.29 is 9.53 Å². The number of rotatable bonds is 2. The van der Waals surface area contributed by atoms with Gasteiger partial charge in [-0.3, -0.25) is 0 Å². The smallest absolute Gasteiger partial charge is 0.337 e. The second-order valence-electron chi connectivity index (χ2n) is 6.33. The van der Waals surface area contributed by atoms with Gasteiger partial charge >= 0.3 is 6.03 Å². The largest absolute Gasteiger partial charge is 0.496 e. The summed E-state index contributed by atoms with van der Waals surface area (Å²) >= 11 is 6.04. The minimum absolute atomic E-state index is 0.0932. The molecule has 26 heavy (non-hydrogen) atoms. The van der Waals surface area contributed by atoms with Gasteiger partial charge in [-0.15, -0.1) is 0 Å². The van der Waals surface area contributed by atoms with Crippen LogP contribution in [0.2, 0.25) is 5.02 Å². The zero-order valence-electron chi connectivity index (χ0n) is 15.3. The molecular formula is C20H22ClN3O2. The molecule has 0 saturated carbocycles. The van der Waals surface area contributed by atoms with Crippen LogP contribution in [0.1, 0.15) is 29.2 Å². The van der Waals surface area contributed by atoms with Gasteiger partial charge in [0, 0.05) is 23.2 Å². The Balaban J connectivity index is 2.23. The Bertz CT molecular complexity index is 862. The highest BCUT2D eigenvalue weighted by atomic mass is 35.5. The summed E-state index contributed by atoms with van der Waals surface area (Å²) in [5.74, 6) is 0.833. The quantitative estimate of drug-likeness (QED) is 0.867. The summed E-state index contributed by atoms with van der Waals surface area (Å²) in [4.78, 5) is 12.4. The summed E-state index contributed by atoms with van der Waals surface area (Å²) in [6, 6.07) is 11.1. The molecule has 2 amide bonds. The average Bonchev–Trinajstić information content (AvgIpc) is 2.79. The van der Waals surface area contributed by atoms with Crippen molar-refractivity contribution in [3.8, 4) is 5.75 Å². The fourth-order valence-corrected chi connectivity index (χ4v) is 3.39. The van der Waals surface area contributed by atoms with Crippen LogP contribution in [-0.2, 0) is 6.42 Å². The number of ether oxygens (including phenoxy) is 1. The summed E-state index contributed by atoms with van der Waals surface area (Å²) in [6.07, 6.45) is 0.687. The number of hydrogen-bond acceptors (Lipinski definition) is 3. The van der Waals surface area contributed by atoms with Gasteiger partial charge in [-0.25, -0.2) is 9.80 Å². The first-order chi connectivity index (χ1) is 12.5. The fraction of sp³-hybridized carbons (Fsp3) is 0.300. The second-order valence-corrected chi connectivity index (χ2v) is 6.76. The highest BCUT2D eigenvalue weighted by Crippen LogP contribution is 2.31. The van der Waals surface area contributed by atoms with E-state index in [4.69, 9.17) is 21.4 Å². The molecule has 0 aromatic heterocycles. The van der Waals surface area contributed by atoms with Crippen LogP contribution in [0.3, 0.4) is 0 Å². The number of carbonyl (C=O) groups is 1.